The third-order valence-corrected chi connectivity index (χ3v) is 10.5. The Bertz CT molecular complexity index is 2890. The van der Waals surface area contributed by atoms with Gasteiger partial charge in [-0.2, -0.15) is 0 Å². The van der Waals surface area contributed by atoms with Gasteiger partial charge in [-0.15, -0.1) is 0 Å². The molecule has 0 spiro atoms. The van der Waals surface area contributed by atoms with Gasteiger partial charge in [0.25, 0.3) is 0 Å². The van der Waals surface area contributed by atoms with Gasteiger partial charge in [-0.05, 0) is 52.6 Å². The first-order chi connectivity index (χ1) is 24.8. The van der Waals surface area contributed by atoms with Crippen molar-refractivity contribution in [2.24, 2.45) is 4.99 Å². The van der Waals surface area contributed by atoms with Crippen LogP contribution in [0.15, 0.2) is 175 Å². The second-order valence-corrected chi connectivity index (χ2v) is 13.2. The maximum absolute atomic E-state index is 5.44. The number of nitrogens with zero attached hydrogens (tertiary/aromatic N) is 3. The van der Waals surface area contributed by atoms with Crippen LogP contribution in [-0.2, 0) is 0 Å². The van der Waals surface area contributed by atoms with E-state index in [-0.39, 0.29) is 6.29 Å². The summed E-state index contributed by atoms with van der Waals surface area (Å²) in [6, 6.07) is 59.1. The van der Waals surface area contributed by atoms with Crippen LogP contribution < -0.4 is 5.32 Å². The lowest BCUT2D eigenvalue weighted by atomic mass is 9.93. The first-order valence-electron chi connectivity index (χ1n) is 17.2. The van der Waals surface area contributed by atoms with Crippen molar-refractivity contribution in [3.8, 4) is 27.9 Å². The van der Waals surface area contributed by atoms with E-state index in [4.69, 9.17) is 4.99 Å². The van der Waals surface area contributed by atoms with E-state index in [1.165, 1.54) is 60.5 Å². The Hall–Kier alpha value is -6.65. The molecule has 1 unspecified atom stereocenters. The van der Waals surface area contributed by atoms with Crippen LogP contribution in [0, 0.1) is 0 Å². The Balaban J connectivity index is 1.25. The molecule has 0 saturated heterocycles. The van der Waals surface area contributed by atoms with Crippen molar-refractivity contribution in [2.45, 2.75) is 6.29 Å². The van der Waals surface area contributed by atoms with Crippen LogP contribution in [0.4, 0.5) is 0 Å². The largest absolute Gasteiger partial charge is 0.346 e. The predicted molar refractivity (Wildman–Crippen MR) is 208 cm³/mol. The number of hydrogen-bond donors (Lipinski definition) is 1. The van der Waals surface area contributed by atoms with E-state index in [1.807, 2.05) is 0 Å². The lowest BCUT2D eigenvalue weighted by Crippen LogP contribution is -2.29. The molecule has 0 amide bonds. The first kappa shape index (κ1) is 27.3. The normalized spacial score (nSPS) is 15.0. The zero-order valence-corrected chi connectivity index (χ0v) is 27.1. The number of para-hydroxylation sites is 3. The molecule has 2 aliphatic rings. The number of benzene rings is 7. The molecular formula is C46H30N4. The Morgan fingerprint density at radius 1 is 0.460 bits per heavy atom. The Labute approximate surface area is 288 Å². The minimum atomic E-state index is -0.377. The number of aliphatic imine (C=N–C) groups is 1. The molecule has 2 aromatic heterocycles. The van der Waals surface area contributed by atoms with Crippen LogP contribution in [0.2, 0.25) is 0 Å². The maximum atomic E-state index is 5.44. The van der Waals surface area contributed by atoms with Gasteiger partial charge < -0.3 is 14.5 Å². The zero-order chi connectivity index (χ0) is 32.8. The van der Waals surface area contributed by atoms with Crippen LogP contribution >= 0.6 is 0 Å². The van der Waals surface area contributed by atoms with Gasteiger partial charge in [-0.1, -0.05) is 140 Å². The van der Waals surface area contributed by atoms with E-state index in [2.05, 4.69) is 184 Å². The molecule has 0 radical (unpaired) electrons. The summed E-state index contributed by atoms with van der Waals surface area (Å²) in [5, 5.41) is 8.81. The minimum Gasteiger partial charge on any atom is -0.346 e. The van der Waals surface area contributed by atoms with Gasteiger partial charge in [0.15, 0.2) is 0 Å². The Morgan fingerprint density at radius 3 is 1.84 bits per heavy atom. The fraction of sp³-hybridized carbons (Fsp3) is 0.0217. The molecule has 9 aromatic rings. The van der Waals surface area contributed by atoms with Crippen molar-refractivity contribution in [3.63, 3.8) is 0 Å². The summed E-state index contributed by atoms with van der Waals surface area (Å²) in [4.78, 5) is 5.44. The monoisotopic (exact) mass is 638 g/mol. The minimum absolute atomic E-state index is 0.377. The molecule has 1 atom stereocenters. The van der Waals surface area contributed by atoms with Crippen molar-refractivity contribution in [2.75, 3.05) is 0 Å². The summed E-state index contributed by atoms with van der Waals surface area (Å²) in [5.41, 5.74) is 15.1. The van der Waals surface area contributed by atoms with E-state index in [1.54, 1.807) is 0 Å². The molecule has 0 fully saturated rings. The van der Waals surface area contributed by atoms with Crippen LogP contribution in [-0.4, -0.2) is 14.8 Å². The molecule has 0 bridgehead atoms. The number of aromatic nitrogens is 2. The second-order valence-electron chi connectivity index (χ2n) is 13.2. The van der Waals surface area contributed by atoms with Crippen molar-refractivity contribution in [1.82, 2.24) is 14.5 Å². The molecule has 11 rings (SSSR count). The molecule has 50 heavy (non-hydrogen) atoms. The van der Waals surface area contributed by atoms with Crippen LogP contribution in [0.25, 0.3) is 77.2 Å². The van der Waals surface area contributed by atoms with Gasteiger partial charge in [-0.3, -0.25) is 0 Å². The second kappa shape index (κ2) is 10.4. The third kappa shape index (κ3) is 3.84. The average molecular weight is 639 g/mol. The molecule has 0 aliphatic carbocycles. The lowest BCUT2D eigenvalue weighted by Gasteiger charge is -2.27. The number of allylic oxidation sites excluding steroid dienone is 1. The highest BCUT2D eigenvalue weighted by Crippen LogP contribution is 2.48. The first-order valence-corrected chi connectivity index (χ1v) is 17.2. The Kier molecular flexibility index (Phi) is 5.69. The van der Waals surface area contributed by atoms with Crippen LogP contribution in [0.1, 0.15) is 17.4 Å². The van der Waals surface area contributed by atoms with E-state index < -0.39 is 0 Å². The highest BCUT2D eigenvalue weighted by molar-refractivity contribution is 6.18. The molecule has 1 N–H and O–H groups in total. The summed E-state index contributed by atoms with van der Waals surface area (Å²) in [6.07, 6.45) is 1.80. The summed E-state index contributed by atoms with van der Waals surface area (Å²) >= 11 is 0. The van der Waals surface area contributed by atoms with Crippen molar-refractivity contribution >= 4 is 55.0 Å². The molecule has 4 heteroatoms. The van der Waals surface area contributed by atoms with Gasteiger partial charge in [0.05, 0.1) is 33.5 Å². The fourth-order valence-corrected chi connectivity index (χ4v) is 8.33. The molecule has 0 saturated carbocycles. The maximum Gasteiger partial charge on any atom is 0.201 e. The van der Waals surface area contributed by atoms with Gasteiger partial charge in [0.2, 0.25) is 6.29 Å². The number of hydrogen-bond acceptors (Lipinski definition) is 2. The quantitative estimate of drug-likeness (QED) is 0.205. The van der Waals surface area contributed by atoms with Crippen LogP contribution in [0.5, 0.6) is 0 Å². The van der Waals surface area contributed by atoms with E-state index in [9.17, 15) is 0 Å². The van der Waals surface area contributed by atoms with Gasteiger partial charge in [0, 0.05) is 38.4 Å². The SMILES string of the molecule is C1=C(c2ccccc2)NC(n2c3ccccc3c3cc4c(cc32)-n2c3ccccc3c3cccc(c32)-c2ccccc2-4)N=C1c1ccccc1. The summed E-state index contributed by atoms with van der Waals surface area (Å²) in [5.74, 6) is 0. The van der Waals surface area contributed by atoms with Crippen molar-refractivity contribution in [1.29, 1.82) is 0 Å². The topological polar surface area (TPSA) is 34.2 Å². The highest BCUT2D eigenvalue weighted by Gasteiger charge is 2.28. The molecule has 4 nitrogen and oxygen atoms in total. The van der Waals surface area contributed by atoms with Gasteiger partial charge in [0.1, 0.15) is 0 Å². The number of fused-ring (bicyclic) bond motifs is 11. The highest BCUT2D eigenvalue weighted by atomic mass is 15.3. The molecule has 7 aromatic carbocycles. The Morgan fingerprint density at radius 2 is 1.06 bits per heavy atom. The summed E-state index contributed by atoms with van der Waals surface area (Å²) in [6.45, 7) is 0. The number of nitrogens with one attached hydrogen (secondary N) is 1. The molecule has 4 heterocycles. The van der Waals surface area contributed by atoms with Gasteiger partial charge in [-0.25, -0.2) is 4.99 Å². The van der Waals surface area contributed by atoms with Crippen molar-refractivity contribution < 1.29 is 0 Å². The summed E-state index contributed by atoms with van der Waals surface area (Å²) < 4.78 is 4.90. The van der Waals surface area contributed by atoms with Gasteiger partial charge >= 0.3 is 0 Å². The average Bonchev–Trinajstić information content (AvgIpc) is 3.66. The molecular weight excluding hydrogens is 609 g/mol. The third-order valence-electron chi connectivity index (χ3n) is 10.5. The zero-order valence-electron chi connectivity index (χ0n) is 27.1. The standard InChI is InChI=1S/C46H30N4/c1-3-14-29(15-4-1)39-27-40(30-16-5-2-6-17-30)48-46(47-39)50-42-25-12-10-21-34(42)38-26-37-32-19-8-7-18-31(32)35-22-13-23-36-33-20-9-11-24-41(33)49(45(35)36)43(37)28-44(38)50/h1-28,46-47H. The summed E-state index contributed by atoms with van der Waals surface area (Å²) in [7, 11) is 0. The van der Waals surface area contributed by atoms with Crippen molar-refractivity contribution in [3.05, 3.63) is 181 Å². The predicted octanol–water partition coefficient (Wildman–Crippen LogP) is 11.1. The fourth-order valence-electron chi connectivity index (χ4n) is 8.33. The molecule has 2 aliphatic heterocycles. The van der Waals surface area contributed by atoms with E-state index in [0.29, 0.717) is 0 Å². The molecule has 234 valence electrons. The van der Waals surface area contributed by atoms with E-state index >= 15 is 0 Å². The number of rotatable bonds is 3. The van der Waals surface area contributed by atoms with Crippen LogP contribution in [0.3, 0.4) is 0 Å². The lowest BCUT2D eigenvalue weighted by molar-refractivity contribution is 0.508. The smallest absolute Gasteiger partial charge is 0.201 e. The van der Waals surface area contributed by atoms with E-state index in [0.717, 1.165) is 33.6 Å².